The van der Waals surface area contributed by atoms with Gasteiger partial charge in [0.15, 0.2) is 5.03 Å². The van der Waals surface area contributed by atoms with Crippen LogP contribution in [0, 0.1) is 0 Å². The summed E-state index contributed by atoms with van der Waals surface area (Å²) in [6.45, 7) is 6.95. The third-order valence-corrected chi connectivity index (χ3v) is 7.47. The van der Waals surface area contributed by atoms with Crippen LogP contribution in [0.4, 0.5) is 5.82 Å². The van der Waals surface area contributed by atoms with Crippen molar-refractivity contribution in [1.82, 2.24) is 24.2 Å². The molecule has 0 aliphatic carbocycles. The molecule has 170 valence electrons. The van der Waals surface area contributed by atoms with Crippen molar-refractivity contribution in [2.24, 2.45) is 7.05 Å². The van der Waals surface area contributed by atoms with Crippen LogP contribution in [0.3, 0.4) is 0 Å². The molecule has 0 radical (unpaired) electrons. The number of anilines is 1. The summed E-state index contributed by atoms with van der Waals surface area (Å²) in [6, 6.07) is 8.75. The van der Waals surface area contributed by atoms with Gasteiger partial charge in [0.25, 0.3) is 10.0 Å². The highest BCUT2D eigenvalue weighted by atomic mass is 32.2. The van der Waals surface area contributed by atoms with Gasteiger partial charge in [-0.25, -0.2) is 23.1 Å². The van der Waals surface area contributed by atoms with Crippen molar-refractivity contribution in [1.29, 1.82) is 0 Å². The Morgan fingerprint density at radius 2 is 1.84 bits per heavy atom. The average Bonchev–Trinajstić information content (AvgIpc) is 3.35. The molecule has 3 heterocycles. The zero-order valence-electron chi connectivity index (χ0n) is 18.9. The molecule has 2 N–H and O–H groups in total. The molecule has 0 bridgehead atoms. The molecule has 9 heteroatoms. The van der Waals surface area contributed by atoms with Crippen molar-refractivity contribution < 1.29 is 8.42 Å². The summed E-state index contributed by atoms with van der Waals surface area (Å²) >= 11 is 0. The van der Waals surface area contributed by atoms with Crippen molar-refractivity contribution in [2.75, 3.05) is 11.9 Å². The first kappa shape index (κ1) is 22.4. The highest BCUT2D eigenvalue weighted by Gasteiger charge is 2.35. The van der Waals surface area contributed by atoms with Crippen LogP contribution in [0.5, 0.6) is 0 Å². The Hall–Kier alpha value is -2.78. The summed E-state index contributed by atoms with van der Waals surface area (Å²) < 4.78 is 29.2. The van der Waals surface area contributed by atoms with Gasteiger partial charge < -0.3 is 9.88 Å². The normalized spacial score (nSPS) is 18.4. The topological polar surface area (TPSA) is 102 Å². The lowest BCUT2D eigenvalue weighted by atomic mass is 9.84. The fourth-order valence-electron chi connectivity index (χ4n) is 4.15. The van der Waals surface area contributed by atoms with Crippen LogP contribution >= 0.6 is 0 Å². The molecule has 1 aliphatic rings. The first-order valence-corrected chi connectivity index (χ1v) is 12.3. The highest BCUT2D eigenvalue weighted by Crippen LogP contribution is 2.44. The van der Waals surface area contributed by atoms with Gasteiger partial charge in [-0.1, -0.05) is 45.0 Å². The third-order valence-electron chi connectivity index (χ3n) is 5.94. The second-order valence-corrected chi connectivity index (χ2v) is 11.0. The Labute approximate surface area is 189 Å². The summed E-state index contributed by atoms with van der Waals surface area (Å²) in [5.41, 5.74) is 3.50. The Kier molecular flexibility index (Phi) is 6.05. The number of hydrogen-bond acceptors (Lipinski definition) is 6. The number of imidazole rings is 1. The maximum absolute atomic E-state index is 12.5. The summed E-state index contributed by atoms with van der Waals surface area (Å²) in [6.07, 6.45) is 7.68. The van der Waals surface area contributed by atoms with Crippen molar-refractivity contribution in [3.8, 4) is 0 Å². The van der Waals surface area contributed by atoms with E-state index in [1.165, 1.54) is 28.2 Å². The van der Waals surface area contributed by atoms with Gasteiger partial charge in [0.2, 0.25) is 0 Å². The van der Waals surface area contributed by atoms with Crippen LogP contribution in [0.2, 0.25) is 0 Å². The molecule has 0 saturated carbocycles. The summed E-state index contributed by atoms with van der Waals surface area (Å²) in [5, 5.41) is 3.68. The zero-order chi connectivity index (χ0) is 22.9. The lowest BCUT2D eigenvalue weighted by Gasteiger charge is -2.23. The van der Waals surface area contributed by atoms with Crippen LogP contribution in [0.1, 0.15) is 62.4 Å². The van der Waals surface area contributed by atoms with Gasteiger partial charge in [0.05, 0.1) is 24.3 Å². The number of rotatable bonds is 7. The standard InChI is InChI=1S/C23H30N6O2S/c1-23(2,3)17-9-7-16(8-10-17)20-18(21-22(28-20)26-13-12-25-21)6-5-11-27-32(30,31)19-14-24-15-29(19)4/h7-10,12-15,18,20,27H,5-6,11H2,1-4H3,(H,26,28). The van der Waals surface area contributed by atoms with E-state index in [4.69, 9.17) is 0 Å². The molecule has 2 atom stereocenters. The largest absolute Gasteiger partial charge is 0.361 e. The lowest BCUT2D eigenvalue weighted by Crippen LogP contribution is -2.27. The molecule has 2 aromatic heterocycles. The first-order chi connectivity index (χ1) is 15.2. The van der Waals surface area contributed by atoms with Crippen LogP contribution in [-0.4, -0.2) is 34.5 Å². The molecule has 2 unspecified atom stereocenters. The number of fused-ring (bicyclic) bond motifs is 1. The number of nitrogens with zero attached hydrogens (tertiary/aromatic N) is 4. The highest BCUT2D eigenvalue weighted by molar-refractivity contribution is 7.89. The number of nitrogens with one attached hydrogen (secondary N) is 2. The Bertz CT molecular complexity index is 1180. The van der Waals surface area contributed by atoms with E-state index < -0.39 is 10.0 Å². The maximum atomic E-state index is 12.5. The Morgan fingerprint density at radius 3 is 2.50 bits per heavy atom. The lowest BCUT2D eigenvalue weighted by molar-refractivity contribution is 0.527. The Balaban J connectivity index is 1.47. The number of aromatic nitrogens is 4. The SMILES string of the molecule is Cn1cncc1S(=O)(=O)NCCCC1c2nccnc2NC1c1ccc(C(C)(C)C)cc1. The van der Waals surface area contributed by atoms with E-state index >= 15 is 0 Å². The van der Waals surface area contributed by atoms with Crippen LogP contribution in [-0.2, 0) is 22.5 Å². The Morgan fingerprint density at radius 1 is 1.12 bits per heavy atom. The fourth-order valence-corrected chi connectivity index (χ4v) is 5.34. The molecule has 1 aromatic carbocycles. The van der Waals surface area contributed by atoms with Gasteiger partial charge >= 0.3 is 0 Å². The molecule has 4 rings (SSSR count). The van der Waals surface area contributed by atoms with Crippen molar-refractivity contribution >= 4 is 15.8 Å². The van der Waals surface area contributed by atoms with Crippen molar-refractivity contribution in [3.63, 3.8) is 0 Å². The van der Waals surface area contributed by atoms with E-state index in [2.05, 4.69) is 70.0 Å². The van der Waals surface area contributed by atoms with Gasteiger partial charge in [0.1, 0.15) is 5.82 Å². The summed E-state index contributed by atoms with van der Waals surface area (Å²) in [4.78, 5) is 12.9. The minimum atomic E-state index is -3.58. The molecule has 0 fully saturated rings. The zero-order valence-corrected chi connectivity index (χ0v) is 19.7. The van der Waals surface area contributed by atoms with E-state index in [-0.39, 0.29) is 22.4 Å². The maximum Gasteiger partial charge on any atom is 0.257 e. The van der Waals surface area contributed by atoms with Crippen LogP contribution < -0.4 is 10.0 Å². The van der Waals surface area contributed by atoms with E-state index in [9.17, 15) is 8.42 Å². The molecular formula is C23H30N6O2S. The minimum absolute atomic E-state index is 0.0510. The average molecular weight is 455 g/mol. The molecule has 0 amide bonds. The van der Waals surface area contributed by atoms with Crippen molar-refractivity contribution in [2.45, 2.75) is 56.0 Å². The molecule has 1 aliphatic heterocycles. The fraction of sp³-hybridized carbons (Fsp3) is 0.435. The van der Waals surface area contributed by atoms with Gasteiger partial charge in [-0.05, 0) is 29.4 Å². The second kappa shape index (κ2) is 8.63. The van der Waals surface area contributed by atoms with Crippen LogP contribution in [0.15, 0.2) is 54.2 Å². The first-order valence-electron chi connectivity index (χ1n) is 10.8. The molecule has 8 nitrogen and oxygen atoms in total. The van der Waals surface area contributed by atoms with E-state index in [1.807, 2.05) is 0 Å². The molecule has 32 heavy (non-hydrogen) atoms. The molecule has 0 saturated heterocycles. The van der Waals surface area contributed by atoms with E-state index in [1.54, 1.807) is 19.4 Å². The van der Waals surface area contributed by atoms with Crippen molar-refractivity contribution in [3.05, 3.63) is 66.0 Å². The monoisotopic (exact) mass is 454 g/mol. The van der Waals surface area contributed by atoms with E-state index in [0.29, 0.717) is 13.0 Å². The smallest absolute Gasteiger partial charge is 0.257 e. The quantitative estimate of drug-likeness (QED) is 0.530. The van der Waals surface area contributed by atoms with Gasteiger partial charge in [-0.15, -0.1) is 0 Å². The predicted molar refractivity (Wildman–Crippen MR) is 124 cm³/mol. The number of benzene rings is 1. The molecular weight excluding hydrogens is 424 g/mol. The molecule has 3 aromatic rings. The summed E-state index contributed by atoms with van der Waals surface area (Å²) in [5.74, 6) is 0.915. The minimum Gasteiger partial charge on any atom is -0.361 e. The molecule has 0 spiro atoms. The number of aryl methyl sites for hydroxylation is 1. The van der Waals surface area contributed by atoms with Gasteiger partial charge in [0, 0.05) is 31.9 Å². The van der Waals surface area contributed by atoms with Gasteiger partial charge in [-0.3, -0.25) is 4.98 Å². The van der Waals surface area contributed by atoms with Gasteiger partial charge in [-0.2, -0.15) is 0 Å². The van der Waals surface area contributed by atoms with Crippen LogP contribution in [0.25, 0.3) is 0 Å². The number of sulfonamides is 1. The predicted octanol–water partition coefficient (Wildman–Crippen LogP) is 3.52. The van der Waals surface area contributed by atoms with E-state index in [0.717, 1.165) is 17.9 Å². The second-order valence-electron chi connectivity index (χ2n) is 9.27. The summed E-state index contributed by atoms with van der Waals surface area (Å²) in [7, 11) is -1.92. The third kappa shape index (κ3) is 4.54. The number of hydrogen-bond donors (Lipinski definition) is 2.